The molecule has 0 saturated heterocycles. The van der Waals surface area contributed by atoms with Gasteiger partial charge in [-0.3, -0.25) is 14.5 Å². The molecule has 1 aliphatic rings. The minimum absolute atomic E-state index is 0.0126. The zero-order valence-corrected chi connectivity index (χ0v) is 22.3. The molecule has 0 aliphatic carbocycles. The van der Waals surface area contributed by atoms with Gasteiger partial charge >= 0.3 is 0 Å². The molecule has 9 heteroatoms. The lowest BCUT2D eigenvalue weighted by molar-refractivity contribution is 0.0997. The fourth-order valence-corrected chi connectivity index (χ4v) is 5.40. The minimum Gasteiger partial charge on any atom is -0.359 e. The van der Waals surface area contributed by atoms with Crippen LogP contribution in [0.3, 0.4) is 0 Å². The summed E-state index contributed by atoms with van der Waals surface area (Å²) in [4.78, 5) is 32.6. The van der Waals surface area contributed by atoms with Crippen molar-refractivity contribution >= 4 is 34.3 Å². The molecule has 5 heterocycles. The highest BCUT2D eigenvalue weighted by Crippen LogP contribution is 2.39. The van der Waals surface area contributed by atoms with E-state index in [2.05, 4.69) is 31.4 Å². The molecule has 0 bridgehead atoms. The molecule has 0 radical (unpaired) electrons. The van der Waals surface area contributed by atoms with Crippen molar-refractivity contribution in [2.45, 2.75) is 20.4 Å². The van der Waals surface area contributed by atoms with Crippen LogP contribution >= 0.6 is 0 Å². The number of pyridine rings is 1. The number of aryl methyl sites for hydroxylation is 3. The molecule has 0 atom stereocenters. The largest absolute Gasteiger partial charge is 0.359 e. The molecule has 9 nitrogen and oxygen atoms in total. The Labute approximate surface area is 230 Å². The monoisotopic (exact) mass is 526 g/mol. The maximum absolute atomic E-state index is 13.9. The number of aromatic nitrogens is 6. The van der Waals surface area contributed by atoms with Crippen LogP contribution in [0.4, 0.5) is 17.5 Å². The number of carbonyl (C=O) groups is 1. The summed E-state index contributed by atoms with van der Waals surface area (Å²) in [6.45, 7) is 4.49. The predicted octanol–water partition coefficient (Wildman–Crippen LogP) is 5.94. The lowest BCUT2D eigenvalue weighted by atomic mass is 9.97. The third kappa shape index (κ3) is 3.82. The molecule has 0 spiro atoms. The number of para-hydroxylation sites is 1. The molecule has 7 rings (SSSR count). The quantitative estimate of drug-likeness (QED) is 0.288. The number of benzene rings is 2. The molecule has 0 fully saturated rings. The van der Waals surface area contributed by atoms with E-state index >= 15 is 0 Å². The first-order chi connectivity index (χ1) is 19.5. The molecule has 4 aromatic heterocycles. The third-order valence-electron chi connectivity index (χ3n) is 7.49. The molecule has 2 N–H and O–H groups in total. The SMILES string of the molecule is Cc1cnc(Nc2cc(C)n(C)n2)nc1-c1c[nH]c2c(N3Cc4cccc(-c5ccncc5)c4C3=O)cccc12. The van der Waals surface area contributed by atoms with Crippen molar-refractivity contribution in [2.24, 2.45) is 7.05 Å². The van der Waals surface area contributed by atoms with Gasteiger partial charge in [-0.15, -0.1) is 0 Å². The summed E-state index contributed by atoms with van der Waals surface area (Å²) < 4.78 is 1.80. The van der Waals surface area contributed by atoms with Crippen molar-refractivity contribution in [2.75, 3.05) is 10.2 Å². The summed E-state index contributed by atoms with van der Waals surface area (Å²) in [6.07, 6.45) is 7.26. The van der Waals surface area contributed by atoms with E-state index in [4.69, 9.17) is 4.98 Å². The van der Waals surface area contributed by atoms with Crippen molar-refractivity contribution < 1.29 is 4.79 Å². The Bertz CT molecular complexity index is 1900. The van der Waals surface area contributed by atoms with Crippen LogP contribution in [0.5, 0.6) is 0 Å². The number of nitrogens with one attached hydrogen (secondary N) is 2. The maximum Gasteiger partial charge on any atom is 0.259 e. The minimum atomic E-state index is -0.0126. The first-order valence-corrected chi connectivity index (χ1v) is 13.0. The summed E-state index contributed by atoms with van der Waals surface area (Å²) in [7, 11) is 1.90. The summed E-state index contributed by atoms with van der Waals surface area (Å²) in [5, 5.41) is 8.65. The Morgan fingerprint density at radius 3 is 2.62 bits per heavy atom. The Kier molecular flexibility index (Phi) is 5.45. The second-order valence-corrected chi connectivity index (χ2v) is 10.0. The van der Waals surface area contributed by atoms with Crippen LogP contribution in [0.2, 0.25) is 0 Å². The molecule has 1 aliphatic heterocycles. The van der Waals surface area contributed by atoms with E-state index in [1.807, 2.05) is 86.7 Å². The molecular weight excluding hydrogens is 500 g/mol. The van der Waals surface area contributed by atoms with Crippen LogP contribution in [-0.2, 0) is 13.6 Å². The molecule has 40 heavy (non-hydrogen) atoms. The zero-order chi connectivity index (χ0) is 27.4. The number of nitrogens with zero attached hydrogens (tertiary/aromatic N) is 6. The predicted molar refractivity (Wildman–Crippen MR) is 155 cm³/mol. The topological polar surface area (TPSA) is 105 Å². The van der Waals surface area contributed by atoms with Gasteiger partial charge < -0.3 is 15.2 Å². The van der Waals surface area contributed by atoms with Gasteiger partial charge in [-0.1, -0.05) is 30.3 Å². The molecule has 1 amide bonds. The van der Waals surface area contributed by atoms with Gasteiger partial charge in [0.15, 0.2) is 5.82 Å². The summed E-state index contributed by atoms with van der Waals surface area (Å²) in [6, 6.07) is 17.9. The molecular formula is C31H26N8O. The van der Waals surface area contributed by atoms with Crippen LogP contribution < -0.4 is 10.2 Å². The molecule has 0 saturated carbocycles. The van der Waals surface area contributed by atoms with Gasteiger partial charge in [-0.2, -0.15) is 5.10 Å². The van der Waals surface area contributed by atoms with E-state index in [1.165, 1.54) is 0 Å². The lowest BCUT2D eigenvalue weighted by Crippen LogP contribution is -2.23. The van der Waals surface area contributed by atoms with Crippen LogP contribution in [-0.4, -0.2) is 35.6 Å². The fourth-order valence-electron chi connectivity index (χ4n) is 5.40. The number of aromatic amines is 1. The van der Waals surface area contributed by atoms with Gasteiger partial charge in [0.2, 0.25) is 5.95 Å². The van der Waals surface area contributed by atoms with E-state index < -0.39 is 0 Å². The second kappa shape index (κ2) is 9.16. The highest BCUT2D eigenvalue weighted by molar-refractivity contribution is 6.17. The maximum atomic E-state index is 13.9. The van der Waals surface area contributed by atoms with Gasteiger partial charge in [0.05, 0.1) is 29.0 Å². The summed E-state index contributed by atoms with van der Waals surface area (Å²) in [5.74, 6) is 1.15. The number of amides is 1. The van der Waals surface area contributed by atoms with Crippen LogP contribution in [0, 0.1) is 13.8 Å². The molecule has 196 valence electrons. The van der Waals surface area contributed by atoms with Gasteiger partial charge in [0.1, 0.15) is 0 Å². The van der Waals surface area contributed by atoms with Crippen LogP contribution in [0.1, 0.15) is 27.2 Å². The number of carbonyl (C=O) groups excluding carboxylic acids is 1. The third-order valence-corrected chi connectivity index (χ3v) is 7.49. The Hall–Kier alpha value is -5.31. The van der Waals surface area contributed by atoms with E-state index in [9.17, 15) is 4.79 Å². The summed E-state index contributed by atoms with van der Waals surface area (Å²) in [5.41, 5.74) is 9.10. The molecule has 6 aromatic rings. The number of fused-ring (bicyclic) bond motifs is 2. The Balaban J connectivity index is 1.27. The van der Waals surface area contributed by atoms with E-state index in [0.29, 0.717) is 18.3 Å². The Morgan fingerprint density at radius 1 is 1.00 bits per heavy atom. The molecule has 2 aromatic carbocycles. The number of H-pyrrole nitrogens is 1. The highest BCUT2D eigenvalue weighted by Gasteiger charge is 2.32. The van der Waals surface area contributed by atoms with Crippen molar-refractivity contribution in [3.05, 3.63) is 102 Å². The van der Waals surface area contributed by atoms with Gasteiger partial charge in [0, 0.05) is 54.5 Å². The van der Waals surface area contributed by atoms with Gasteiger partial charge in [0.25, 0.3) is 5.91 Å². The summed E-state index contributed by atoms with van der Waals surface area (Å²) >= 11 is 0. The number of hydrogen-bond acceptors (Lipinski definition) is 6. The zero-order valence-electron chi connectivity index (χ0n) is 22.3. The van der Waals surface area contributed by atoms with Gasteiger partial charge in [-0.05, 0) is 54.3 Å². The van der Waals surface area contributed by atoms with Crippen molar-refractivity contribution in [1.29, 1.82) is 0 Å². The van der Waals surface area contributed by atoms with Crippen molar-refractivity contribution in [3.63, 3.8) is 0 Å². The second-order valence-electron chi connectivity index (χ2n) is 10.0. The van der Waals surface area contributed by atoms with Crippen LogP contribution in [0.15, 0.2) is 79.4 Å². The fraction of sp³-hybridized carbons (Fsp3) is 0.129. The van der Waals surface area contributed by atoms with E-state index in [1.54, 1.807) is 17.1 Å². The smallest absolute Gasteiger partial charge is 0.259 e. The Morgan fingerprint density at radius 2 is 1.82 bits per heavy atom. The average Bonchev–Trinajstić information content (AvgIpc) is 3.65. The number of anilines is 3. The van der Waals surface area contributed by atoms with E-state index in [-0.39, 0.29) is 5.91 Å². The average molecular weight is 527 g/mol. The standard InChI is InChI=1S/C31H26N8O/c1-18-15-34-31(35-26-14-19(2)38(3)37-26)36-28(18)24-16-33-29-23(24)8-5-9-25(29)39-17-21-6-4-7-22(27(21)30(39)40)20-10-12-32-13-11-20/h4-16,33H,17H2,1-3H3,(H,34,35,36,37). The first-order valence-electron chi connectivity index (χ1n) is 13.0. The number of hydrogen-bond donors (Lipinski definition) is 2. The highest BCUT2D eigenvalue weighted by atomic mass is 16.2. The van der Waals surface area contributed by atoms with E-state index in [0.717, 1.165) is 61.4 Å². The first kappa shape index (κ1) is 23.8. The van der Waals surface area contributed by atoms with Crippen molar-refractivity contribution in [1.82, 2.24) is 29.7 Å². The van der Waals surface area contributed by atoms with Crippen molar-refractivity contribution in [3.8, 4) is 22.4 Å². The normalized spacial score (nSPS) is 12.8. The lowest BCUT2D eigenvalue weighted by Gasteiger charge is -2.17. The van der Waals surface area contributed by atoms with Gasteiger partial charge in [-0.25, -0.2) is 9.97 Å². The molecule has 0 unspecified atom stereocenters. The number of rotatable bonds is 5. The van der Waals surface area contributed by atoms with Crippen LogP contribution in [0.25, 0.3) is 33.3 Å².